The summed E-state index contributed by atoms with van der Waals surface area (Å²) < 4.78 is 5.66. The summed E-state index contributed by atoms with van der Waals surface area (Å²) in [4.78, 5) is 39.8. The second-order valence-corrected chi connectivity index (χ2v) is 7.96. The van der Waals surface area contributed by atoms with E-state index in [1.54, 1.807) is 30.3 Å². The maximum atomic E-state index is 12.8. The Hall–Kier alpha value is -3.88. The lowest BCUT2D eigenvalue weighted by Gasteiger charge is -2.38. The van der Waals surface area contributed by atoms with Crippen LogP contribution in [0.4, 0.5) is 0 Å². The van der Waals surface area contributed by atoms with Gasteiger partial charge in [0.05, 0.1) is 19.1 Å². The van der Waals surface area contributed by atoms with Crippen molar-refractivity contribution in [2.75, 3.05) is 26.2 Å². The SMILES string of the molecule is Cc1cccc(C(CC(=O)O)N2CCN(CCCOc3ccc(C(=N)N)cc3)C(=O)C2=O)c1. The zero-order valence-corrected chi connectivity index (χ0v) is 18.5. The number of hydrogen-bond acceptors (Lipinski definition) is 5. The van der Waals surface area contributed by atoms with Crippen LogP contribution in [0.15, 0.2) is 48.5 Å². The normalized spacial score (nSPS) is 14.8. The summed E-state index contributed by atoms with van der Waals surface area (Å²) in [6.07, 6.45) is 0.267. The van der Waals surface area contributed by atoms with Gasteiger partial charge in [-0.25, -0.2) is 0 Å². The number of carbonyl (C=O) groups excluding carboxylic acids is 2. The van der Waals surface area contributed by atoms with E-state index >= 15 is 0 Å². The number of nitrogen functional groups attached to an aromatic ring is 1. The number of carboxylic acids is 1. The number of aliphatic carboxylic acids is 1. The van der Waals surface area contributed by atoms with E-state index in [0.29, 0.717) is 43.0 Å². The van der Waals surface area contributed by atoms with E-state index in [1.165, 1.54) is 9.80 Å². The van der Waals surface area contributed by atoms with E-state index in [1.807, 2.05) is 25.1 Å². The molecule has 2 amide bonds. The highest BCUT2D eigenvalue weighted by molar-refractivity contribution is 6.35. The quantitative estimate of drug-likeness (QED) is 0.218. The zero-order valence-electron chi connectivity index (χ0n) is 18.5. The molecule has 0 spiro atoms. The third-order valence-corrected chi connectivity index (χ3v) is 5.52. The Bertz CT molecular complexity index is 1040. The topological polar surface area (TPSA) is 137 Å². The van der Waals surface area contributed by atoms with Gasteiger partial charge in [0, 0.05) is 25.2 Å². The maximum Gasteiger partial charge on any atom is 0.312 e. The van der Waals surface area contributed by atoms with E-state index in [0.717, 1.165) is 5.56 Å². The molecule has 4 N–H and O–H groups in total. The van der Waals surface area contributed by atoms with Gasteiger partial charge in [-0.2, -0.15) is 0 Å². The van der Waals surface area contributed by atoms with Gasteiger partial charge in [0.25, 0.3) is 0 Å². The van der Waals surface area contributed by atoms with E-state index in [9.17, 15) is 19.5 Å². The highest BCUT2D eigenvalue weighted by atomic mass is 16.5. The van der Waals surface area contributed by atoms with Crippen molar-refractivity contribution >= 4 is 23.6 Å². The Balaban J connectivity index is 1.56. The van der Waals surface area contributed by atoms with Crippen molar-refractivity contribution in [1.29, 1.82) is 5.41 Å². The first kappa shape index (κ1) is 23.8. The lowest BCUT2D eigenvalue weighted by molar-refractivity contribution is -0.159. The molecule has 0 radical (unpaired) electrons. The molecule has 33 heavy (non-hydrogen) atoms. The number of amides is 2. The summed E-state index contributed by atoms with van der Waals surface area (Å²) in [7, 11) is 0. The van der Waals surface area contributed by atoms with E-state index in [4.69, 9.17) is 15.9 Å². The lowest BCUT2D eigenvalue weighted by Crippen LogP contribution is -2.55. The van der Waals surface area contributed by atoms with Crippen molar-refractivity contribution in [3.05, 3.63) is 65.2 Å². The molecule has 1 aliphatic heterocycles. The minimum atomic E-state index is -1.03. The van der Waals surface area contributed by atoms with Crippen molar-refractivity contribution in [3.8, 4) is 5.75 Å². The molecule has 1 aliphatic rings. The summed E-state index contributed by atoms with van der Waals surface area (Å²) in [6.45, 7) is 3.21. The third kappa shape index (κ3) is 6.09. The monoisotopic (exact) mass is 452 g/mol. The summed E-state index contributed by atoms with van der Waals surface area (Å²) in [6, 6.07) is 13.5. The van der Waals surface area contributed by atoms with Crippen molar-refractivity contribution in [2.45, 2.75) is 25.8 Å². The molecule has 174 valence electrons. The van der Waals surface area contributed by atoms with E-state index in [2.05, 4.69) is 0 Å². The fourth-order valence-corrected chi connectivity index (χ4v) is 3.83. The van der Waals surface area contributed by atoms with Crippen LogP contribution in [0, 0.1) is 12.3 Å². The van der Waals surface area contributed by atoms with Crippen LogP contribution in [0.1, 0.15) is 35.6 Å². The van der Waals surface area contributed by atoms with Crippen LogP contribution in [-0.4, -0.2) is 64.8 Å². The number of hydrogen-bond donors (Lipinski definition) is 3. The molecule has 1 saturated heterocycles. The Kier molecular flexibility index (Phi) is 7.66. The van der Waals surface area contributed by atoms with Crippen LogP contribution in [0.5, 0.6) is 5.75 Å². The van der Waals surface area contributed by atoms with Crippen molar-refractivity contribution in [3.63, 3.8) is 0 Å². The largest absolute Gasteiger partial charge is 0.494 e. The summed E-state index contributed by atoms with van der Waals surface area (Å²) in [5, 5.41) is 16.8. The molecular formula is C24H28N4O5. The number of nitrogens with one attached hydrogen (secondary N) is 1. The van der Waals surface area contributed by atoms with Crippen LogP contribution in [0.3, 0.4) is 0 Å². The molecule has 1 fully saturated rings. The molecule has 9 nitrogen and oxygen atoms in total. The first-order valence-corrected chi connectivity index (χ1v) is 10.7. The Labute approximate surface area is 192 Å². The fraction of sp³-hybridized carbons (Fsp3) is 0.333. The molecule has 3 rings (SSSR count). The smallest absolute Gasteiger partial charge is 0.312 e. The van der Waals surface area contributed by atoms with E-state index < -0.39 is 23.8 Å². The molecule has 9 heteroatoms. The predicted octanol–water partition coefficient (Wildman–Crippen LogP) is 1.93. The van der Waals surface area contributed by atoms with Gasteiger partial charge in [-0.1, -0.05) is 29.8 Å². The fourth-order valence-electron chi connectivity index (χ4n) is 3.83. The molecule has 2 aromatic carbocycles. The van der Waals surface area contributed by atoms with Crippen molar-refractivity contribution in [1.82, 2.24) is 9.80 Å². The van der Waals surface area contributed by atoms with Crippen LogP contribution >= 0.6 is 0 Å². The minimum Gasteiger partial charge on any atom is -0.494 e. The average molecular weight is 453 g/mol. The van der Waals surface area contributed by atoms with Crippen LogP contribution in [0.25, 0.3) is 0 Å². The number of carbonyl (C=O) groups is 3. The van der Waals surface area contributed by atoms with Gasteiger partial charge < -0.3 is 25.4 Å². The first-order valence-electron chi connectivity index (χ1n) is 10.7. The molecule has 1 atom stereocenters. The highest BCUT2D eigenvalue weighted by Gasteiger charge is 2.37. The van der Waals surface area contributed by atoms with Gasteiger partial charge >= 0.3 is 17.8 Å². The number of piperazine rings is 1. The number of nitrogens with zero attached hydrogens (tertiary/aromatic N) is 2. The number of ether oxygens (including phenoxy) is 1. The number of carboxylic acid groups (broad SMARTS) is 1. The number of benzene rings is 2. The lowest BCUT2D eigenvalue weighted by atomic mass is 9.99. The van der Waals surface area contributed by atoms with E-state index in [-0.39, 0.29) is 18.8 Å². The second-order valence-electron chi connectivity index (χ2n) is 7.96. The Morgan fingerprint density at radius 1 is 1.15 bits per heavy atom. The molecule has 0 saturated carbocycles. The number of rotatable bonds is 10. The molecule has 1 unspecified atom stereocenters. The molecule has 0 aliphatic carbocycles. The van der Waals surface area contributed by atoms with Crippen LogP contribution in [0.2, 0.25) is 0 Å². The average Bonchev–Trinajstić information content (AvgIpc) is 2.78. The number of amidine groups is 1. The van der Waals surface area contributed by atoms with Crippen molar-refractivity contribution in [2.24, 2.45) is 5.73 Å². The summed E-state index contributed by atoms with van der Waals surface area (Å²) in [5.41, 5.74) is 7.70. The number of nitrogens with two attached hydrogens (primary N) is 1. The van der Waals surface area contributed by atoms with Gasteiger partial charge in [0.1, 0.15) is 11.6 Å². The predicted molar refractivity (Wildman–Crippen MR) is 122 cm³/mol. The van der Waals surface area contributed by atoms with Crippen LogP contribution in [-0.2, 0) is 14.4 Å². The number of aryl methyl sites for hydroxylation is 1. The summed E-state index contributed by atoms with van der Waals surface area (Å²) >= 11 is 0. The molecule has 0 bridgehead atoms. The minimum absolute atomic E-state index is 0.0168. The highest BCUT2D eigenvalue weighted by Crippen LogP contribution is 2.27. The van der Waals surface area contributed by atoms with Gasteiger partial charge in [0.2, 0.25) is 0 Å². The van der Waals surface area contributed by atoms with Gasteiger partial charge in [-0.15, -0.1) is 0 Å². The Morgan fingerprint density at radius 3 is 2.52 bits per heavy atom. The molecule has 0 aromatic heterocycles. The standard InChI is InChI=1S/C24H28N4O5/c1-16-4-2-5-18(14-16)20(15-21(29)30)28-12-11-27(23(31)24(28)32)10-3-13-33-19-8-6-17(7-9-19)22(25)26/h2,4-9,14,20H,3,10-13,15H2,1H3,(H3,25,26)(H,29,30). The molecular weight excluding hydrogens is 424 g/mol. The molecule has 2 aromatic rings. The van der Waals surface area contributed by atoms with Gasteiger partial charge in [0.15, 0.2) is 0 Å². The second kappa shape index (κ2) is 10.6. The molecule has 1 heterocycles. The van der Waals surface area contributed by atoms with Gasteiger partial charge in [-0.3, -0.25) is 19.8 Å². The van der Waals surface area contributed by atoms with Crippen LogP contribution < -0.4 is 10.5 Å². The Morgan fingerprint density at radius 2 is 1.88 bits per heavy atom. The van der Waals surface area contributed by atoms with Crippen molar-refractivity contribution < 1.29 is 24.2 Å². The first-order chi connectivity index (χ1) is 15.8. The zero-order chi connectivity index (χ0) is 24.0. The third-order valence-electron chi connectivity index (χ3n) is 5.52. The maximum absolute atomic E-state index is 12.8. The summed E-state index contributed by atoms with van der Waals surface area (Å²) in [5.74, 6) is -1.73. The van der Waals surface area contributed by atoms with Gasteiger partial charge in [-0.05, 0) is 43.2 Å².